The van der Waals surface area contributed by atoms with Crippen molar-refractivity contribution in [1.82, 2.24) is 0 Å². The van der Waals surface area contributed by atoms with Crippen LogP contribution < -0.4 is 0 Å². The molecule has 3 rings (SSSR count). The molecule has 0 bridgehead atoms. The van der Waals surface area contributed by atoms with Crippen LogP contribution in [0, 0.1) is 6.92 Å². The van der Waals surface area contributed by atoms with E-state index in [-0.39, 0.29) is 0 Å². The summed E-state index contributed by atoms with van der Waals surface area (Å²) in [5, 5.41) is 11.0. The molecular formula is C15H13ClOS. The molecule has 3 heteroatoms. The van der Waals surface area contributed by atoms with Crippen molar-refractivity contribution in [3.05, 3.63) is 58.1 Å². The molecular weight excluding hydrogens is 264 g/mol. The highest BCUT2D eigenvalue weighted by Crippen LogP contribution is 2.41. The fourth-order valence-electron chi connectivity index (χ4n) is 2.25. The van der Waals surface area contributed by atoms with E-state index in [4.69, 9.17) is 11.6 Å². The Balaban J connectivity index is 2.14. The maximum absolute atomic E-state index is 10.3. The molecule has 92 valence electrons. The largest absolute Gasteiger partial charge is 0.388 e. The van der Waals surface area contributed by atoms with Crippen molar-refractivity contribution in [2.75, 3.05) is 0 Å². The van der Waals surface area contributed by atoms with Gasteiger partial charge in [0.15, 0.2) is 0 Å². The van der Waals surface area contributed by atoms with Crippen LogP contribution in [0.15, 0.2) is 46.2 Å². The lowest BCUT2D eigenvalue weighted by Gasteiger charge is -2.11. The average Bonchev–Trinajstić information content (AvgIpc) is 2.44. The Labute approximate surface area is 116 Å². The van der Waals surface area contributed by atoms with Gasteiger partial charge >= 0.3 is 0 Å². The zero-order valence-electron chi connectivity index (χ0n) is 9.98. The second-order valence-corrected chi connectivity index (χ2v) is 6.14. The maximum Gasteiger partial charge on any atom is 0.0841 e. The molecule has 0 aromatic heterocycles. The van der Waals surface area contributed by atoms with Crippen molar-refractivity contribution in [3.8, 4) is 0 Å². The molecule has 0 saturated heterocycles. The van der Waals surface area contributed by atoms with Crippen LogP contribution in [0.5, 0.6) is 0 Å². The Bertz CT molecular complexity index is 609. The lowest BCUT2D eigenvalue weighted by atomic mass is 10.0. The summed E-state index contributed by atoms with van der Waals surface area (Å²) in [5.74, 6) is 0. The normalized spacial score (nSPS) is 17.8. The Morgan fingerprint density at radius 1 is 1.17 bits per heavy atom. The van der Waals surface area contributed by atoms with Gasteiger partial charge in [-0.25, -0.2) is 0 Å². The molecule has 1 unspecified atom stereocenters. The van der Waals surface area contributed by atoms with Gasteiger partial charge in [-0.1, -0.05) is 35.5 Å². The summed E-state index contributed by atoms with van der Waals surface area (Å²) in [7, 11) is 0. The lowest BCUT2D eigenvalue weighted by molar-refractivity contribution is 0.175. The highest BCUT2D eigenvalue weighted by molar-refractivity contribution is 7.99. The van der Waals surface area contributed by atoms with Crippen LogP contribution in [0.25, 0.3) is 0 Å². The van der Waals surface area contributed by atoms with Crippen molar-refractivity contribution in [2.24, 2.45) is 0 Å². The van der Waals surface area contributed by atoms with E-state index in [9.17, 15) is 5.11 Å². The van der Waals surface area contributed by atoms with E-state index < -0.39 is 6.10 Å². The van der Waals surface area contributed by atoms with Gasteiger partial charge in [0.1, 0.15) is 0 Å². The summed E-state index contributed by atoms with van der Waals surface area (Å²) in [6, 6.07) is 12.1. The number of hydrogen-bond donors (Lipinski definition) is 1. The summed E-state index contributed by atoms with van der Waals surface area (Å²) in [6.07, 6.45) is 0.173. The smallest absolute Gasteiger partial charge is 0.0841 e. The number of halogens is 1. The second kappa shape index (κ2) is 4.61. The average molecular weight is 277 g/mol. The first kappa shape index (κ1) is 12.1. The second-order valence-electron chi connectivity index (χ2n) is 4.62. The topological polar surface area (TPSA) is 20.2 Å². The Morgan fingerprint density at radius 2 is 2.00 bits per heavy atom. The SMILES string of the molecule is Cc1ccc2c(c1)Sc1ccc(Cl)cc1CC2O. The maximum atomic E-state index is 10.3. The third-order valence-corrected chi connectivity index (χ3v) is 4.61. The Morgan fingerprint density at radius 3 is 2.83 bits per heavy atom. The minimum atomic E-state index is -0.451. The number of fused-ring (bicyclic) bond motifs is 2. The van der Waals surface area contributed by atoms with Gasteiger partial charge in [-0.3, -0.25) is 0 Å². The van der Waals surface area contributed by atoms with E-state index >= 15 is 0 Å². The van der Waals surface area contributed by atoms with Crippen molar-refractivity contribution in [1.29, 1.82) is 0 Å². The molecule has 0 radical (unpaired) electrons. The fourth-order valence-corrected chi connectivity index (χ4v) is 3.66. The first-order chi connectivity index (χ1) is 8.63. The van der Waals surface area contributed by atoms with Crippen molar-refractivity contribution >= 4 is 23.4 Å². The molecule has 1 heterocycles. The van der Waals surface area contributed by atoms with Crippen molar-refractivity contribution in [2.45, 2.75) is 29.2 Å². The molecule has 0 saturated carbocycles. The summed E-state index contributed by atoms with van der Waals surface area (Å²) in [4.78, 5) is 2.33. The minimum absolute atomic E-state index is 0.451. The predicted octanol–water partition coefficient (Wildman–Crippen LogP) is 4.39. The highest BCUT2D eigenvalue weighted by atomic mass is 35.5. The van der Waals surface area contributed by atoms with Crippen LogP contribution in [0.3, 0.4) is 0 Å². The van der Waals surface area contributed by atoms with E-state index in [2.05, 4.69) is 13.0 Å². The summed E-state index contributed by atoms with van der Waals surface area (Å²) >= 11 is 7.73. The van der Waals surface area contributed by atoms with Gasteiger partial charge in [0.2, 0.25) is 0 Å². The highest BCUT2D eigenvalue weighted by Gasteiger charge is 2.21. The van der Waals surface area contributed by atoms with E-state index in [0.29, 0.717) is 6.42 Å². The van der Waals surface area contributed by atoms with Crippen molar-refractivity contribution in [3.63, 3.8) is 0 Å². The molecule has 0 spiro atoms. The third kappa shape index (κ3) is 2.16. The van der Waals surface area contributed by atoms with Crippen molar-refractivity contribution < 1.29 is 5.11 Å². The number of benzene rings is 2. The summed E-state index contributed by atoms with van der Waals surface area (Å²) < 4.78 is 0. The molecule has 18 heavy (non-hydrogen) atoms. The number of aryl methyl sites for hydroxylation is 1. The number of aliphatic hydroxyl groups excluding tert-OH is 1. The lowest BCUT2D eigenvalue weighted by Crippen LogP contribution is -2.01. The Kier molecular flexibility index (Phi) is 3.10. The van der Waals surface area contributed by atoms with Gasteiger partial charge in [-0.15, -0.1) is 0 Å². The molecule has 2 aromatic carbocycles. The zero-order valence-corrected chi connectivity index (χ0v) is 11.6. The van der Waals surface area contributed by atoms with Gasteiger partial charge in [-0.05, 0) is 47.9 Å². The molecule has 0 fully saturated rings. The predicted molar refractivity (Wildman–Crippen MR) is 75.4 cm³/mol. The molecule has 0 aliphatic carbocycles. The standard InChI is InChI=1S/C15H13ClOS/c1-9-2-4-12-13(17)8-10-7-11(16)3-5-14(10)18-15(12)6-9/h2-7,13,17H,8H2,1H3. The number of aliphatic hydroxyl groups is 1. The van der Waals surface area contributed by atoms with Crippen LogP contribution >= 0.6 is 23.4 Å². The van der Waals surface area contributed by atoms with Gasteiger partial charge in [0.05, 0.1) is 6.10 Å². The van der Waals surface area contributed by atoms with E-state index in [0.717, 1.165) is 21.0 Å². The molecule has 1 nitrogen and oxygen atoms in total. The van der Waals surface area contributed by atoms with E-state index in [1.165, 1.54) is 10.5 Å². The first-order valence-corrected chi connectivity index (χ1v) is 7.08. The third-order valence-electron chi connectivity index (χ3n) is 3.18. The Hall–Kier alpha value is -0.960. The van der Waals surface area contributed by atoms with Crippen LogP contribution in [-0.4, -0.2) is 5.11 Å². The molecule has 1 N–H and O–H groups in total. The number of hydrogen-bond acceptors (Lipinski definition) is 2. The van der Waals surface area contributed by atoms with Gasteiger partial charge in [-0.2, -0.15) is 0 Å². The number of rotatable bonds is 0. The van der Waals surface area contributed by atoms with Crippen LogP contribution in [0.1, 0.15) is 22.8 Å². The molecule has 1 aliphatic rings. The summed E-state index contributed by atoms with van der Waals surface area (Å²) in [5.41, 5.74) is 3.35. The quantitative estimate of drug-likeness (QED) is 0.770. The monoisotopic (exact) mass is 276 g/mol. The zero-order chi connectivity index (χ0) is 12.7. The van der Waals surface area contributed by atoms with Crippen LogP contribution in [0.2, 0.25) is 5.02 Å². The summed E-state index contributed by atoms with van der Waals surface area (Å²) in [6.45, 7) is 2.07. The van der Waals surface area contributed by atoms with Crippen LogP contribution in [-0.2, 0) is 6.42 Å². The van der Waals surface area contributed by atoms with E-state index in [1.807, 2.05) is 30.3 Å². The molecule has 0 amide bonds. The minimum Gasteiger partial charge on any atom is -0.388 e. The first-order valence-electron chi connectivity index (χ1n) is 5.88. The van der Waals surface area contributed by atoms with Crippen LogP contribution in [0.4, 0.5) is 0 Å². The molecule has 1 atom stereocenters. The van der Waals surface area contributed by atoms with Gasteiger partial charge < -0.3 is 5.11 Å². The van der Waals surface area contributed by atoms with Gasteiger partial charge in [0, 0.05) is 21.2 Å². The van der Waals surface area contributed by atoms with E-state index in [1.54, 1.807) is 11.8 Å². The van der Waals surface area contributed by atoms with Gasteiger partial charge in [0.25, 0.3) is 0 Å². The fraction of sp³-hybridized carbons (Fsp3) is 0.200. The molecule has 2 aromatic rings. The molecule has 1 aliphatic heterocycles.